The fraction of sp³-hybridized carbons (Fsp3) is 0.764. The van der Waals surface area contributed by atoms with Crippen LogP contribution in [0.25, 0.3) is 0 Å². The summed E-state index contributed by atoms with van der Waals surface area (Å²) in [7, 11) is 0. The summed E-state index contributed by atoms with van der Waals surface area (Å²) in [4.78, 5) is 38.2. The molecule has 450 valence electrons. The van der Waals surface area contributed by atoms with Crippen LogP contribution in [0.4, 0.5) is 0 Å². The number of ether oxygens (including phenoxy) is 3. The molecule has 0 spiro atoms. The molecule has 0 fully saturated rings. The Morgan fingerprint density at radius 3 is 0.833 bits per heavy atom. The van der Waals surface area contributed by atoms with Crippen molar-refractivity contribution in [2.45, 2.75) is 341 Å². The largest absolute Gasteiger partial charge is 0.462 e. The fourth-order valence-electron chi connectivity index (χ4n) is 9.57. The predicted octanol–water partition coefficient (Wildman–Crippen LogP) is 23.1. The number of hydrogen-bond donors (Lipinski definition) is 0. The molecule has 6 nitrogen and oxygen atoms in total. The topological polar surface area (TPSA) is 78.9 Å². The minimum atomic E-state index is -0.781. The van der Waals surface area contributed by atoms with Gasteiger partial charge in [0.05, 0.1) is 0 Å². The van der Waals surface area contributed by atoms with Gasteiger partial charge in [0.25, 0.3) is 0 Å². The summed E-state index contributed by atoms with van der Waals surface area (Å²) in [5.41, 5.74) is 0. The maximum atomic E-state index is 12.9. The number of carbonyl (C=O) groups excluding carboxylic acids is 3. The summed E-state index contributed by atoms with van der Waals surface area (Å²) in [6.45, 7) is 6.49. The second-order valence-electron chi connectivity index (χ2n) is 22.3. The highest BCUT2D eigenvalue weighted by molar-refractivity contribution is 5.71. The molecule has 0 aromatic rings. The Morgan fingerprint density at radius 1 is 0.269 bits per heavy atom. The zero-order chi connectivity index (χ0) is 56.4. The van der Waals surface area contributed by atoms with E-state index in [9.17, 15) is 14.4 Å². The van der Waals surface area contributed by atoms with Crippen molar-refractivity contribution in [1.82, 2.24) is 0 Å². The summed E-state index contributed by atoms with van der Waals surface area (Å²) < 4.78 is 16.9. The lowest BCUT2D eigenvalue weighted by Crippen LogP contribution is -2.30. The quantitative estimate of drug-likeness (QED) is 0.0261. The molecule has 0 aliphatic carbocycles. The monoisotopic (exact) mass is 1090 g/mol. The number of rotatable bonds is 61. The average molecular weight is 1090 g/mol. The normalized spacial score (nSPS) is 12.6. The minimum Gasteiger partial charge on any atom is -0.462 e. The van der Waals surface area contributed by atoms with Crippen LogP contribution in [0, 0.1) is 0 Å². The van der Waals surface area contributed by atoms with Crippen molar-refractivity contribution in [3.8, 4) is 0 Å². The Kier molecular flexibility index (Phi) is 63.2. The minimum absolute atomic E-state index is 0.0781. The van der Waals surface area contributed by atoms with Crippen molar-refractivity contribution >= 4 is 17.9 Å². The van der Waals surface area contributed by atoms with E-state index in [4.69, 9.17) is 14.2 Å². The van der Waals surface area contributed by atoms with E-state index < -0.39 is 6.10 Å². The first-order valence-electron chi connectivity index (χ1n) is 33.6. The summed E-state index contributed by atoms with van der Waals surface area (Å²) in [6, 6.07) is 0. The van der Waals surface area contributed by atoms with Crippen LogP contribution in [0.1, 0.15) is 335 Å². The van der Waals surface area contributed by atoms with E-state index in [0.29, 0.717) is 19.3 Å². The third-order valence-corrected chi connectivity index (χ3v) is 14.6. The maximum Gasteiger partial charge on any atom is 0.306 e. The van der Waals surface area contributed by atoms with Gasteiger partial charge in [0, 0.05) is 19.3 Å². The van der Waals surface area contributed by atoms with Gasteiger partial charge in [0.1, 0.15) is 13.2 Å². The molecule has 0 amide bonds. The van der Waals surface area contributed by atoms with Crippen molar-refractivity contribution < 1.29 is 28.6 Å². The fourth-order valence-corrected chi connectivity index (χ4v) is 9.57. The molecule has 0 heterocycles. The van der Waals surface area contributed by atoms with E-state index >= 15 is 0 Å². The Bertz CT molecular complexity index is 1480. The highest BCUT2D eigenvalue weighted by atomic mass is 16.6. The van der Waals surface area contributed by atoms with Gasteiger partial charge in [-0.3, -0.25) is 14.4 Å². The Labute approximate surface area is 484 Å². The van der Waals surface area contributed by atoms with E-state index in [2.05, 4.69) is 106 Å². The van der Waals surface area contributed by atoms with Crippen molar-refractivity contribution in [2.24, 2.45) is 0 Å². The zero-order valence-electron chi connectivity index (χ0n) is 51.7. The Balaban J connectivity index is 4.06. The summed E-state index contributed by atoms with van der Waals surface area (Å²) in [5, 5.41) is 0. The van der Waals surface area contributed by atoms with Gasteiger partial charge in [-0.25, -0.2) is 0 Å². The van der Waals surface area contributed by atoms with Crippen molar-refractivity contribution in [3.05, 3.63) is 85.1 Å². The number of allylic oxidation sites excluding steroid dienone is 14. The van der Waals surface area contributed by atoms with Crippen LogP contribution in [0.15, 0.2) is 85.1 Å². The van der Waals surface area contributed by atoms with Gasteiger partial charge in [-0.15, -0.1) is 0 Å². The van der Waals surface area contributed by atoms with Gasteiger partial charge in [0.15, 0.2) is 6.10 Å². The molecule has 0 saturated heterocycles. The number of esters is 3. The molecule has 0 aromatic heterocycles. The highest BCUT2D eigenvalue weighted by Crippen LogP contribution is 2.17. The smallest absolute Gasteiger partial charge is 0.306 e. The van der Waals surface area contributed by atoms with Gasteiger partial charge in [-0.05, 0) is 109 Å². The highest BCUT2D eigenvalue weighted by Gasteiger charge is 2.19. The number of hydrogen-bond acceptors (Lipinski definition) is 6. The van der Waals surface area contributed by atoms with Gasteiger partial charge in [-0.1, -0.05) is 292 Å². The van der Waals surface area contributed by atoms with Gasteiger partial charge in [-0.2, -0.15) is 0 Å². The molecule has 0 aliphatic rings. The lowest BCUT2D eigenvalue weighted by Gasteiger charge is -2.18. The second-order valence-corrected chi connectivity index (χ2v) is 22.3. The van der Waals surface area contributed by atoms with E-state index in [1.165, 1.54) is 186 Å². The van der Waals surface area contributed by atoms with Crippen molar-refractivity contribution in [3.63, 3.8) is 0 Å². The van der Waals surface area contributed by atoms with Gasteiger partial charge in [0.2, 0.25) is 0 Å². The van der Waals surface area contributed by atoms with Crippen LogP contribution < -0.4 is 0 Å². The zero-order valence-corrected chi connectivity index (χ0v) is 51.7. The Hall–Kier alpha value is -3.41. The van der Waals surface area contributed by atoms with Crippen LogP contribution in [0.2, 0.25) is 0 Å². The van der Waals surface area contributed by atoms with E-state index in [1.54, 1.807) is 0 Å². The SMILES string of the molecule is CC/C=C\C/C=C\C/C=C\C/C=C\C/C=C\CCCCCCCCCCCCCCCCCCCCCC(=O)OCC(COC(=O)CCCCCCC/C=C\CCCC)OC(=O)CCCCCCC/C=C\CCCCCCC. The first-order valence-corrected chi connectivity index (χ1v) is 33.6. The first-order chi connectivity index (χ1) is 38.5. The second kappa shape index (κ2) is 66.1. The van der Waals surface area contributed by atoms with Crippen LogP contribution in [-0.2, 0) is 28.6 Å². The lowest BCUT2D eigenvalue weighted by atomic mass is 10.0. The molecule has 0 radical (unpaired) electrons. The standard InChI is InChI=1S/C72H126O6/c1-4-7-10-13-16-19-22-24-26-27-28-29-30-31-32-33-34-35-36-37-38-39-40-41-42-43-44-45-46-48-50-53-56-59-62-65-71(74)77-68-69(67-76-70(73)64-61-58-55-52-49-21-18-15-12-9-6-3)78-72(75)66-63-60-57-54-51-47-25-23-20-17-14-11-8-5-2/h7,10,15-16,18-19,23-26,28-29,31-32,69H,4-6,8-9,11-14,17,20-22,27,30,33-68H2,1-3H3/b10-7-,18-15-,19-16-,25-23-,26-24-,29-28-,32-31-. The van der Waals surface area contributed by atoms with E-state index in [1.807, 2.05) is 0 Å². The predicted molar refractivity (Wildman–Crippen MR) is 339 cm³/mol. The lowest BCUT2D eigenvalue weighted by molar-refractivity contribution is -0.167. The van der Waals surface area contributed by atoms with Crippen molar-refractivity contribution in [2.75, 3.05) is 13.2 Å². The van der Waals surface area contributed by atoms with E-state index in [-0.39, 0.29) is 31.1 Å². The maximum absolute atomic E-state index is 12.9. The van der Waals surface area contributed by atoms with Crippen LogP contribution in [0.3, 0.4) is 0 Å². The molecule has 0 aromatic carbocycles. The van der Waals surface area contributed by atoms with Crippen LogP contribution in [0.5, 0.6) is 0 Å². The molecule has 1 atom stereocenters. The third-order valence-electron chi connectivity index (χ3n) is 14.6. The number of unbranched alkanes of at least 4 members (excludes halogenated alkanes) is 36. The number of carbonyl (C=O) groups is 3. The first kappa shape index (κ1) is 74.6. The summed E-state index contributed by atoms with van der Waals surface area (Å²) in [6.07, 6.45) is 87.6. The molecule has 0 N–H and O–H groups in total. The van der Waals surface area contributed by atoms with E-state index in [0.717, 1.165) is 109 Å². The third kappa shape index (κ3) is 63.4. The molecule has 6 heteroatoms. The molecule has 0 saturated carbocycles. The molecule has 0 rings (SSSR count). The average Bonchev–Trinajstić information content (AvgIpc) is 3.44. The molecular weight excluding hydrogens is 961 g/mol. The van der Waals surface area contributed by atoms with Crippen molar-refractivity contribution in [1.29, 1.82) is 0 Å². The molecule has 0 bridgehead atoms. The Morgan fingerprint density at radius 2 is 0.513 bits per heavy atom. The van der Waals surface area contributed by atoms with Crippen LogP contribution >= 0.6 is 0 Å². The molecular formula is C72H126O6. The van der Waals surface area contributed by atoms with Gasteiger partial charge < -0.3 is 14.2 Å². The summed E-state index contributed by atoms with van der Waals surface area (Å²) >= 11 is 0. The summed E-state index contributed by atoms with van der Waals surface area (Å²) in [5.74, 6) is -0.883. The molecule has 1 unspecified atom stereocenters. The molecule has 78 heavy (non-hydrogen) atoms. The van der Waals surface area contributed by atoms with Crippen LogP contribution in [-0.4, -0.2) is 37.2 Å². The molecule has 0 aliphatic heterocycles. The van der Waals surface area contributed by atoms with Gasteiger partial charge >= 0.3 is 17.9 Å².